The molecule has 25 heavy (non-hydrogen) atoms. The van der Waals surface area contributed by atoms with Crippen molar-refractivity contribution in [3.8, 4) is 5.75 Å². The van der Waals surface area contributed by atoms with Crippen molar-refractivity contribution in [3.05, 3.63) is 48.3 Å². The molecular weight excluding hydrogens is 318 g/mol. The van der Waals surface area contributed by atoms with Crippen LogP contribution in [0, 0.1) is 5.41 Å². The van der Waals surface area contributed by atoms with Crippen molar-refractivity contribution in [2.75, 3.05) is 19.8 Å². The number of nitrogens with one attached hydrogen (secondary N) is 1. The fourth-order valence-electron chi connectivity index (χ4n) is 2.49. The first-order chi connectivity index (χ1) is 11.9. The van der Waals surface area contributed by atoms with Gasteiger partial charge in [0.15, 0.2) is 0 Å². The molecule has 6 nitrogen and oxygen atoms in total. The van der Waals surface area contributed by atoms with Gasteiger partial charge in [0.25, 0.3) is 0 Å². The second kappa shape index (κ2) is 8.67. The Morgan fingerprint density at radius 2 is 1.96 bits per heavy atom. The van der Waals surface area contributed by atoms with Crippen LogP contribution in [0.3, 0.4) is 0 Å². The van der Waals surface area contributed by atoms with Crippen molar-refractivity contribution >= 4 is 5.91 Å². The Labute approximate surface area is 149 Å². The molecule has 0 saturated carbocycles. The average molecular weight is 345 g/mol. The quantitative estimate of drug-likeness (QED) is 0.747. The zero-order valence-electron chi connectivity index (χ0n) is 15.4. The Hall–Kier alpha value is -2.34. The van der Waals surface area contributed by atoms with Crippen LogP contribution < -0.4 is 10.1 Å². The third kappa shape index (κ3) is 6.23. The van der Waals surface area contributed by atoms with E-state index in [2.05, 4.69) is 31.2 Å². The predicted octanol–water partition coefficient (Wildman–Crippen LogP) is 2.72. The van der Waals surface area contributed by atoms with E-state index >= 15 is 0 Å². The molecule has 0 unspecified atom stereocenters. The zero-order chi connectivity index (χ0) is 18.3. The van der Waals surface area contributed by atoms with E-state index in [1.165, 1.54) is 0 Å². The minimum absolute atomic E-state index is 0.00495. The van der Waals surface area contributed by atoms with Gasteiger partial charge in [-0.3, -0.25) is 9.48 Å². The first kappa shape index (κ1) is 19.0. The molecule has 0 saturated heterocycles. The van der Waals surface area contributed by atoms with Crippen LogP contribution in [-0.2, 0) is 16.6 Å². The van der Waals surface area contributed by atoms with Gasteiger partial charge in [-0.15, -0.1) is 0 Å². The molecule has 2 rings (SSSR count). The van der Waals surface area contributed by atoms with Crippen LogP contribution in [0.25, 0.3) is 0 Å². The summed E-state index contributed by atoms with van der Waals surface area (Å²) < 4.78 is 12.7. The van der Waals surface area contributed by atoms with E-state index in [4.69, 9.17) is 9.47 Å². The minimum atomic E-state index is -0.150. The number of para-hydroxylation sites is 1. The largest absolute Gasteiger partial charge is 0.491 e. The SMILES string of the molecule is Cn1cc([C@H](NC(=O)COCCOc2ccccc2)C(C)(C)C)cn1. The molecule has 0 aliphatic carbocycles. The summed E-state index contributed by atoms with van der Waals surface area (Å²) in [5, 5.41) is 7.23. The fourth-order valence-corrected chi connectivity index (χ4v) is 2.49. The maximum absolute atomic E-state index is 12.2. The fraction of sp³-hybridized carbons (Fsp3) is 0.474. The van der Waals surface area contributed by atoms with Gasteiger partial charge in [0.2, 0.25) is 5.91 Å². The lowest BCUT2D eigenvalue weighted by molar-refractivity contribution is -0.127. The third-order valence-electron chi connectivity index (χ3n) is 3.70. The topological polar surface area (TPSA) is 65.4 Å². The zero-order valence-corrected chi connectivity index (χ0v) is 15.4. The predicted molar refractivity (Wildman–Crippen MR) is 96.3 cm³/mol. The van der Waals surface area contributed by atoms with Gasteiger partial charge in [-0.25, -0.2) is 0 Å². The Kier molecular flexibility index (Phi) is 6.58. The maximum Gasteiger partial charge on any atom is 0.246 e. The highest BCUT2D eigenvalue weighted by atomic mass is 16.5. The summed E-state index contributed by atoms with van der Waals surface area (Å²) in [5.74, 6) is 0.642. The molecule has 1 N–H and O–H groups in total. The number of carbonyl (C=O) groups is 1. The number of carbonyl (C=O) groups excluding carboxylic acids is 1. The molecule has 2 aromatic rings. The molecule has 1 atom stereocenters. The molecule has 0 aliphatic rings. The number of aromatic nitrogens is 2. The molecule has 1 heterocycles. The first-order valence-corrected chi connectivity index (χ1v) is 8.40. The number of aryl methyl sites for hydroxylation is 1. The summed E-state index contributed by atoms with van der Waals surface area (Å²) in [7, 11) is 1.86. The van der Waals surface area contributed by atoms with E-state index in [1.807, 2.05) is 43.6 Å². The van der Waals surface area contributed by atoms with Crippen LogP contribution >= 0.6 is 0 Å². The molecule has 0 fully saturated rings. The number of hydrogen-bond donors (Lipinski definition) is 1. The summed E-state index contributed by atoms with van der Waals surface area (Å²) in [4.78, 5) is 12.2. The highest BCUT2D eigenvalue weighted by molar-refractivity contribution is 5.77. The standard InChI is InChI=1S/C19H27N3O3/c1-19(2,3)18(15-12-20-22(4)13-15)21-17(23)14-24-10-11-25-16-8-6-5-7-9-16/h5-9,12-13,18H,10-11,14H2,1-4H3,(H,21,23)/t18-/m0/s1. The van der Waals surface area contributed by atoms with Gasteiger partial charge in [-0.1, -0.05) is 39.0 Å². The second-order valence-corrected chi connectivity index (χ2v) is 7.03. The molecule has 1 amide bonds. The Morgan fingerprint density at radius 3 is 2.56 bits per heavy atom. The van der Waals surface area contributed by atoms with E-state index in [0.717, 1.165) is 11.3 Å². The van der Waals surface area contributed by atoms with Crippen molar-refractivity contribution in [2.24, 2.45) is 12.5 Å². The highest BCUT2D eigenvalue weighted by Gasteiger charge is 2.28. The number of rotatable bonds is 8. The van der Waals surface area contributed by atoms with Gasteiger partial charge >= 0.3 is 0 Å². The van der Waals surface area contributed by atoms with Gasteiger partial charge in [0, 0.05) is 18.8 Å². The summed E-state index contributed by atoms with van der Waals surface area (Å²) in [6.45, 7) is 7.02. The summed E-state index contributed by atoms with van der Waals surface area (Å²) in [5.41, 5.74) is 0.852. The van der Waals surface area contributed by atoms with Crippen LogP contribution in [-0.4, -0.2) is 35.5 Å². The smallest absolute Gasteiger partial charge is 0.246 e. The normalized spacial score (nSPS) is 12.6. The lowest BCUT2D eigenvalue weighted by atomic mass is 9.83. The second-order valence-electron chi connectivity index (χ2n) is 7.03. The molecule has 0 spiro atoms. The van der Waals surface area contributed by atoms with Crippen LogP contribution in [0.1, 0.15) is 32.4 Å². The van der Waals surface area contributed by atoms with Crippen molar-refractivity contribution in [2.45, 2.75) is 26.8 Å². The summed E-state index contributed by atoms with van der Waals surface area (Å²) >= 11 is 0. The lowest BCUT2D eigenvalue weighted by Crippen LogP contribution is -2.38. The van der Waals surface area contributed by atoms with Gasteiger partial charge in [-0.05, 0) is 17.5 Å². The number of nitrogens with zero attached hydrogens (tertiary/aromatic N) is 2. The van der Waals surface area contributed by atoms with Crippen LogP contribution in [0.5, 0.6) is 5.75 Å². The minimum Gasteiger partial charge on any atom is -0.491 e. The maximum atomic E-state index is 12.2. The first-order valence-electron chi connectivity index (χ1n) is 8.40. The van der Waals surface area contributed by atoms with Crippen LogP contribution in [0.2, 0.25) is 0 Å². The summed E-state index contributed by atoms with van der Waals surface area (Å²) in [6.07, 6.45) is 3.70. The number of hydrogen-bond acceptors (Lipinski definition) is 4. The molecule has 0 aliphatic heterocycles. The molecule has 6 heteroatoms. The molecular formula is C19H27N3O3. The van der Waals surface area contributed by atoms with Crippen molar-refractivity contribution < 1.29 is 14.3 Å². The van der Waals surface area contributed by atoms with Gasteiger partial charge in [-0.2, -0.15) is 5.10 Å². The monoisotopic (exact) mass is 345 g/mol. The molecule has 136 valence electrons. The Balaban J connectivity index is 1.75. The van der Waals surface area contributed by atoms with Gasteiger partial charge in [0.05, 0.1) is 18.8 Å². The van der Waals surface area contributed by atoms with E-state index < -0.39 is 0 Å². The van der Waals surface area contributed by atoms with Crippen molar-refractivity contribution in [1.29, 1.82) is 0 Å². The molecule has 1 aromatic carbocycles. The van der Waals surface area contributed by atoms with Crippen molar-refractivity contribution in [1.82, 2.24) is 15.1 Å². The van der Waals surface area contributed by atoms with Crippen molar-refractivity contribution in [3.63, 3.8) is 0 Å². The number of amides is 1. The van der Waals surface area contributed by atoms with E-state index in [0.29, 0.717) is 13.2 Å². The lowest BCUT2D eigenvalue weighted by Gasteiger charge is -2.30. The van der Waals surface area contributed by atoms with Gasteiger partial charge in [0.1, 0.15) is 19.0 Å². The number of benzene rings is 1. The summed E-state index contributed by atoms with van der Waals surface area (Å²) in [6, 6.07) is 9.39. The highest BCUT2D eigenvalue weighted by Crippen LogP contribution is 2.32. The van der Waals surface area contributed by atoms with E-state index in [9.17, 15) is 4.79 Å². The third-order valence-corrected chi connectivity index (χ3v) is 3.70. The number of ether oxygens (including phenoxy) is 2. The van der Waals surface area contributed by atoms with Crippen LogP contribution in [0.15, 0.2) is 42.7 Å². The Morgan fingerprint density at radius 1 is 1.24 bits per heavy atom. The Bertz CT molecular complexity index is 662. The molecule has 0 bridgehead atoms. The van der Waals surface area contributed by atoms with E-state index in [-0.39, 0.29) is 24.0 Å². The average Bonchev–Trinajstić information content (AvgIpc) is 2.98. The molecule has 0 radical (unpaired) electrons. The van der Waals surface area contributed by atoms with Gasteiger partial charge < -0.3 is 14.8 Å². The molecule has 1 aromatic heterocycles. The van der Waals surface area contributed by atoms with E-state index in [1.54, 1.807) is 10.9 Å². The van der Waals surface area contributed by atoms with Crippen LogP contribution in [0.4, 0.5) is 0 Å².